The van der Waals surface area contributed by atoms with Gasteiger partial charge in [0.1, 0.15) is 0 Å². The lowest BCUT2D eigenvalue weighted by molar-refractivity contribution is 1.16. The summed E-state index contributed by atoms with van der Waals surface area (Å²) in [7, 11) is 0. The molecule has 0 radical (unpaired) electrons. The average Bonchev–Trinajstić information content (AvgIpc) is 2.99. The zero-order valence-corrected chi connectivity index (χ0v) is 23.1. The number of hydrogen-bond donors (Lipinski definition) is 0. The first-order valence-electron chi connectivity index (χ1n) is 13.3. The fraction of sp³-hybridized carbons (Fsp3) is 0.0270. The smallest absolute Gasteiger partial charge is 0.0340 e. The van der Waals surface area contributed by atoms with Crippen molar-refractivity contribution in [3.63, 3.8) is 0 Å². The van der Waals surface area contributed by atoms with Crippen molar-refractivity contribution in [2.24, 2.45) is 0 Å². The maximum absolute atomic E-state index is 2.39. The van der Waals surface area contributed by atoms with Crippen LogP contribution in [0, 0.1) is 6.92 Å². The van der Waals surface area contributed by atoms with E-state index >= 15 is 0 Å². The molecule has 0 atom stereocenters. The summed E-state index contributed by atoms with van der Waals surface area (Å²) in [4.78, 5) is 5.37. The van der Waals surface area contributed by atoms with Gasteiger partial charge in [0, 0.05) is 19.6 Å². The van der Waals surface area contributed by atoms with Crippen molar-refractivity contribution < 1.29 is 0 Å². The summed E-state index contributed by atoms with van der Waals surface area (Å²) in [6.45, 7) is 2.21. The summed E-state index contributed by atoms with van der Waals surface area (Å²) in [6, 6.07) is 47.1. The van der Waals surface area contributed by atoms with Crippen molar-refractivity contribution in [3.8, 4) is 22.3 Å². The van der Waals surface area contributed by atoms with Crippen LogP contribution in [0.25, 0.3) is 54.6 Å². The Morgan fingerprint density at radius 1 is 0.385 bits per heavy atom. The van der Waals surface area contributed by atoms with Gasteiger partial charge in [-0.25, -0.2) is 0 Å². The van der Waals surface area contributed by atoms with E-state index in [1.165, 1.54) is 79.7 Å². The SMILES string of the molecule is Cc1cc(-c2ccc3c4ccccc4c4ccccc4c3c2)cc(-c2cccc3c2Sc2ccccc2S3)c1. The summed E-state index contributed by atoms with van der Waals surface area (Å²) in [5.74, 6) is 0. The molecule has 0 saturated carbocycles. The highest BCUT2D eigenvalue weighted by molar-refractivity contribution is 8.05. The summed E-state index contributed by atoms with van der Waals surface area (Å²) in [5.41, 5.74) is 6.37. The molecule has 2 heteroatoms. The van der Waals surface area contributed by atoms with Gasteiger partial charge in [0.2, 0.25) is 0 Å². The van der Waals surface area contributed by atoms with E-state index < -0.39 is 0 Å². The highest BCUT2D eigenvalue weighted by Crippen LogP contribution is 2.52. The molecule has 0 fully saturated rings. The van der Waals surface area contributed by atoms with E-state index in [4.69, 9.17) is 0 Å². The third-order valence-corrected chi connectivity index (χ3v) is 10.3. The van der Waals surface area contributed by atoms with Gasteiger partial charge in [-0.1, -0.05) is 121 Å². The van der Waals surface area contributed by atoms with Gasteiger partial charge < -0.3 is 0 Å². The first-order chi connectivity index (χ1) is 19.2. The van der Waals surface area contributed by atoms with Gasteiger partial charge in [-0.05, 0) is 97.4 Å². The van der Waals surface area contributed by atoms with Crippen molar-refractivity contribution in [1.82, 2.24) is 0 Å². The summed E-state index contributed by atoms with van der Waals surface area (Å²) < 4.78 is 0. The Labute approximate surface area is 236 Å². The Morgan fingerprint density at radius 2 is 0.949 bits per heavy atom. The Bertz CT molecular complexity index is 2050. The first-order valence-corrected chi connectivity index (χ1v) is 14.9. The third-order valence-electron chi connectivity index (χ3n) is 7.73. The second-order valence-electron chi connectivity index (χ2n) is 10.2. The van der Waals surface area contributed by atoms with Crippen LogP contribution in [-0.4, -0.2) is 0 Å². The van der Waals surface area contributed by atoms with Crippen LogP contribution in [0.3, 0.4) is 0 Å². The molecule has 0 nitrogen and oxygen atoms in total. The fourth-order valence-corrected chi connectivity index (χ4v) is 8.37. The molecule has 184 valence electrons. The Kier molecular flexibility index (Phi) is 5.33. The minimum absolute atomic E-state index is 1.25. The highest BCUT2D eigenvalue weighted by atomic mass is 32.2. The Morgan fingerprint density at radius 3 is 1.67 bits per heavy atom. The van der Waals surface area contributed by atoms with E-state index in [0.717, 1.165) is 0 Å². The maximum Gasteiger partial charge on any atom is 0.0340 e. The van der Waals surface area contributed by atoms with Gasteiger partial charge in [-0.15, -0.1) is 0 Å². The molecule has 1 heterocycles. The molecule has 0 N–H and O–H groups in total. The van der Waals surface area contributed by atoms with Crippen LogP contribution in [0.5, 0.6) is 0 Å². The molecular formula is C37H24S2. The Hall–Kier alpha value is -3.98. The lowest BCUT2D eigenvalue weighted by atomic mass is 9.91. The molecule has 1 aliphatic heterocycles. The highest BCUT2D eigenvalue weighted by Gasteiger charge is 2.20. The van der Waals surface area contributed by atoms with Crippen LogP contribution in [0.4, 0.5) is 0 Å². The number of benzene rings is 7. The minimum Gasteiger partial charge on any atom is -0.0877 e. The van der Waals surface area contributed by atoms with Crippen LogP contribution in [0.2, 0.25) is 0 Å². The normalized spacial score (nSPS) is 12.5. The number of hydrogen-bond acceptors (Lipinski definition) is 2. The largest absolute Gasteiger partial charge is 0.0877 e. The summed E-state index contributed by atoms with van der Waals surface area (Å²) in [5, 5.41) is 7.87. The standard InChI is InChI=1S/C37H24S2/c1-23-19-25(21-26(20-23)27-13-8-16-36-37(27)39-35-15-7-6-14-34(35)38-36)24-17-18-32-30-11-3-2-9-28(30)29-10-4-5-12-31(29)33(32)22-24/h2-22H,1H3. The maximum atomic E-state index is 2.39. The fourth-order valence-electron chi connectivity index (χ4n) is 5.97. The first kappa shape index (κ1) is 23.0. The van der Waals surface area contributed by atoms with E-state index in [-0.39, 0.29) is 0 Å². The number of aryl methyl sites for hydroxylation is 1. The molecule has 8 rings (SSSR count). The lowest BCUT2D eigenvalue weighted by Crippen LogP contribution is -1.93. The van der Waals surface area contributed by atoms with Gasteiger partial charge in [-0.2, -0.15) is 0 Å². The lowest BCUT2D eigenvalue weighted by Gasteiger charge is -2.21. The zero-order valence-electron chi connectivity index (χ0n) is 21.4. The molecule has 1 aliphatic rings. The van der Waals surface area contributed by atoms with Crippen LogP contribution < -0.4 is 0 Å². The molecule has 0 amide bonds. The van der Waals surface area contributed by atoms with Crippen molar-refractivity contribution >= 4 is 55.8 Å². The summed E-state index contributed by atoms with van der Waals surface area (Å²) >= 11 is 3.77. The van der Waals surface area contributed by atoms with E-state index in [0.29, 0.717) is 0 Å². The average molecular weight is 533 g/mol. The molecule has 0 bridgehead atoms. The van der Waals surface area contributed by atoms with Crippen LogP contribution >= 0.6 is 23.5 Å². The van der Waals surface area contributed by atoms with E-state index in [2.05, 4.69) is 134 Å². The predicted molar refractivity (Wildman–Crippen MR) is 169 cm³/mol. The van der Waals surface area contributed by atoms with E-state index in [9.17, 15) is 0 Å². The molecule has 0 saturated heterocycles. The number of rotatable bonds is 2. The zero-order chi connectivity index (χ0) is 25.9. The molecule has 0 aromatic heterocycles. The van der Waals surface area contributed by atoms with Crippen LogP contribution in [0.15, 0.2) is 147 Å². The van der Waals surface area contributed by atoms with Crippen molar-refractivity contribution in [2.45, 2.75) is 26.5 Å². The minimum atomic E-state index is 1.25. The van der Waals surface area contributed by atoms with Gasteiger partial charge >= 0.3 is 0 Å². The molecular weight excluding hydrogens is 509 g/mol. The topological polar surface area (TPSA) is 0 Å². The van der Waals surface area contributed by atoms with Crippen molar-refractivity contribution in [1.29, 1.82) is 0 Å². The second kappa shape index (κ2) is 9.05. The second-order valence-corrected chi connectivity index (χ2v) is 12.4. The van der Waals surface area contributed by atoms with Crippen LogP contribution in [0.1, 0.15) is 5.56 Å². The van der Waals surface area contributed by atoms with Crippen LogP contribution in [-0.2, 0) is 0 Å². The molecule has 0 spiro atoms. The molecule has 0 aliphatic carbocycles. The van der Waals surface area contributed by atoms with Gasteiger partial charge in [0.15, 0.2) is 0 Å². The van der Waals surface area contributed by atoms with Crippen molar-refractivity contribution in [2.75, 3.05) is 0 Å². The Balaban J connectivity index is 1.31. The monoisotopic (exact) mass is 532 g/mol. The summed E-state index contributed by atoms with van der Waals surface area (Å²) in [6.07, 6.45) is 0. The molecule has 7 aromatic carbocycles. The van der Waals surface area contributed by atoms with Gasteiger partial charge in [0.05, 0.1) is 0 Å². The van der Waals surface area contributed by atoms with E-state index in [1.54, 1.807) is 0 Å². The predicted octanol–water partition coefficient (Wildman–Crippen LogP) is 11.4. The molecule has 7 aromatic rings. The number of fused-ring (bicyclic) bond motifs is 8. The molecule has 39 heavy (non-hydrogen) atoms. The molecule has 0 unspecified atom stereocenters. The van der Waals surface area contributed by atoms with Gasteiger partial charge in [0.25, 0.3) is 0 Å². The van der Waals surface area contributed by atoms with Crippen molar-refractivity contribution in [3.05, 3.63) is 133 Å². The quantitative estimate of drug-likeness (QED) is 0.203. The van der Waals surface area contributed by atoms with Gasteiger partial charge in [-0.3, -0.25) is 0 Å². The third kappa shape index (κ3) is 3.78. The van der Waals surface area contributed by atoms with E-state index in [1.807, 2.05) is 23.5 Å².